The predicted molar refractivity (Wildman–Crippen MR) is 185 cm³/mol. The Balaban J connectivity index is 0. The molecule has 4 aromatic rings. The molecule has 240 valence electrons. The second-order valence-corrected chi connectivity index (χ2v) is 9.07. The number of benzene rings is 4. The van der Waals surface area contributed by atoms with Gasteiger partial charge in [0.15, 0.2) is 11.6 Å². The van der Waals surface area contributed by atoms with Gasteiger partial charge in [0.2, 0.25) is 0 Å². The van der Waals surface area contributed by atoms with E-state index >= 15 is 0 Å². The molecule has 2 N–H and O–H groups in total. The van der Waals surface area contributed by atoms with E-state index in [1.165, 1.54) is 12.8 Å². The first-order chi connectivity index (χ1) is 21.4. The molecule has 6 rings (SSSR count). The Bertz CT molecular complexity index is 1130. The van der Waals surface area contributed by atoms with Gasteiger partial charge in [0.1, 0.15) is 0 Å². The Morgan fingerprint density at radius 3 is 0.636 bits per heavy atom. The lowest BCUT2D eigenvalue weighted by molar-refractivity contribution is 0.103. The van der Waals surface area contributed by atoms with Crippen molar-refractivity contribution in [3.05, 3.63) is 119 Å². The van der Waals surface area contributed by atoms with Crippen LogP contribution < -0.4 is 0 Å². The van der Waals surface area contributed by atoms with Crippen LogP contribution in [0.5, 0.6) is 0 Å². The summed E-state index contributed by atoms with van der Waals surface area (Å²) in [5, 5.41) is 14.0. The Morgan fingerprint density at radius 1 is 0.386 bits per heavy atom. The summed E-state index contributed by atoms with van der Waals surface area (Å²) < 4.78 is 8.50. The van der Waals surface area contributed by atoms with Crippen LogP contribution in [0.4, 0.5) is 0 Å². The van der Waals surface area contributed by atoms with Gasteiger partial charge in [-0.05, 0) is 22.3 Å². The second kappa shape index (κ2) is 26.7. The Labute approximate surface area is 265 Å². The largest absolute Gasteiger partial charge is 0.400 e. The zero-order valence-corrected chi connectivity index (χ0v) is 28.2. The Hall–Kier alpha value is -3.94. The highest BCUT2D eigenvalue weighted by Gasteiger charge is 2.25. The number of rotatable bonds is 0. The van der Waals surface area contributed by atoms with Crippen molar-refractivity contribution in [2.24, 2.45) is 0 Å². The topological polar surface area (TPSA) is 93.1 Å². The van der Waals surface area contributed by atoms with Crippen molar-refractivity contribution in [1.29, 1.82) is 0 Å². The minimum atomic E-state index is 0.149. The van der Waals surface area contributed by atoms with E-state index in [2.05, 4.69) is 37.2 Å². The molecule has 0 aromatic heterocycles. The number of aliphatic hydroxyl groups is 2. The highest BCUT2D eigenvalue weighted by Crippen LogP contribution is 2.36. The number of hydrogen-bond donors (Lipinski definition) is 2. The van der Waals surface area contributed by atoms with Gasteiger partial charge >= 0.3 is 0 Å². The van der Waals surface area contributed by atoms with Crippen LogP contribution in [0.15, 0.2) is 97.1 Å². The number of carbonyl (C=O) groups is 2. The van der Waals surface area contributed by atoms with E-state index in [1.807, 2.05) is 97.1 Å². The van der Waals surface area contributed by atoms with E-state index in [1.54, 1.807) is 28.4 Å². The molecule has 6 nitrogen and oxygen atoms in total. The molecule has 0 fully saturated rings. The highest BCUT2D eigenvalue weighted by molar-refractivity contribution is 6.22. The zero-order valence-electron chi connectivity index (χ0n) is 28.2. The maximum atomic E-state index is 11.9. The molecule has 0 saturated heterocycles. The Kier molecular flexibility index (Phi) is 25.6. The standard InChI is InChI=1S/2C13H8O.2C3H8.2C2H6O.2CH4O/c2*14-13-11-7-3-1-5-9(11)10-6-2-4-8-12(10)13;4*1-3-2;2*1-2/h2*1-8H;2*3H2,1-2H3;2*1-2H3;2*2H,1H3. The average molecular weight is 605 g/mol. The highest BCUT2D eigenvalue weighted by atomic mass is 16.5. The molecule has 0 heterocycles. The molecule has 6 heteroatoms. The summed E-state index contributed by atoms with van der Waals surface area (Å²) in [7, 11) is 8.50. The summed E-state index contributed by atoms with van der Waals surface area (Å²) in [5.41, 5.74) is 7.56. The quantitative estimate of drug-likeness (QED) is 0.181. The lowest BCUT2D eigenvalue weighted by Gasteiger charge is -1.96. The molecule has 0 spiro atoms. The van der Waals surface area contributed by atoms with Gasteiger partial charge in [0, 0.05) is 64.9 Å². The lowest BCUT2D eigenvalue weighted by Crippen LogP contribution is -1.93. The van der Waals surface area contributed by atoms with Gasteiger partial charge in [-0.25, -0.2) is 0 Å². The average Bonchev–Trinajstić information content (AvgIpc) is 3.52. The van der Waals surface area contributed by atoms with Gasteiger partial charge in [0.05, 0.1) is 0 Å². The summed E-state index contributed by atoms with van der Waals surface area (Å²) in [6.45, 7) is 8.50. The van der Waals surface area contributed by atoms with E-state index in [4.69, 9.17) is 10.2 Å². The molecule has 0 atom stereocenters. The summed E-state index contributed by atoms with van der Waals surface area (Å²) in [5.74, 6) is 0.299. The molecule has 44 heavy (non-hydrogen) atoms. The third-order valence-electron chi connectivity index (χ3n) is 5.27. The maximum Gasteiger partial charge on any atom is 0.194 e. The molecule has 4 aromatic carbocycles. The first-order valence-corrected chi connectivity index (χ1v) is 14.6. The van der Waals surface area contributed by atoms with Crippen molar-refractivity contribution in [1.82, 2.24) is 0 Å². The number of fused-ring (bicyclic) bond motifs is 6. The summed E-state index contributed by atoms with van der Waals surface area (Å²) >= 11 is 0. The fourth-order valence-electron chi connectivity index (χ4n) is 3.95. The number of ketones is 2. The molecule has 2 aliphatic carbocycles. The van der Waals surface area contributed by atoms with Crippen LogP contribution in [0, 0.1) is 0 Å². The van der Waals surface area contributed by atoms with Crippen LogP contribution in [0.2, 0.25) is 0 Å². The van der Waals surface area contributed by atoms with Crippen LogP contribution in [0.1, 0.15) is 72.4 Å². The Morgan fingerprint density at radius 2 is 0.500 bits per heavy atom. The molecular formula is C38H52O6. The zero-order chi connectivity index (χ0) is 33.9. The minimum absolute atomic E-state index is 0.149. The van der Waals surface area contributed by atoms with Crippen molar-refractivity contribution in [3.63, 3.8) is 0 Å². The summed E-state index contributed by atoms with van der Waals surface area (Å²) in [6, 6.07) is 31.0. The fraction of sp³-hybridized carbons (Fsp3) is 0.316. The van der Waals surface area contributed by atoms with Gasteiger partial charge < -0.3 is 19.7 Å². The van der Waals surface area contributed by atoms with Crippen molar-refractivity contribution >= 4 is 11.6 Å². The maximum absolute atomic E-state index is 11.9. The number of carbonyl (C=O) groups excluding carboxylic acids is 2. The first kappa shape index (κ1) is 42.2. The molecular weight excluding hydrogens is 552 g/mol. The van der Waals surface area contributed by atoms with Crippen LogP contribution in [0.25, 0.3) is 22.3 Å². The minimum Gasteiger partial charge on any atom is -0.400 e. The molecule has 0 amide bonds. The lowest BCUT2D eigenvalue weighted by atomic mass is 10.1. The van der Waals surface area contributed by atoms with Crippen molar-refractivity contribution < 1.29 is 29.3 Å². The smallest absolute Gasteiger partial charge is 0.194 e. The van der Waals surface area contributed by atoms with E-state index < -0.39 is 0 Å². The van der Waals surface area contributed by atoms with Crippen LogP contribution in [0.3, 0.4) is 0 Å². The van der Waals surface area contributed by atoms with Gasteiger partial charge in [-0.3, -0.25) is 9.59 Å². The van der Waals surface area contributed by atoms with Crippen molar-refractivity contribution in [3.8, 4) is 22.3 Å². The van der Waals surface area contributed by atoms with E-state index in [0.29, 0.717) is 0 Å². The van der Waals surface area contributed by atoms with E-state index in [9.17, 15) is 9.59 Å². The number of hydrogen-bond acceptors (Lipinski definition) is 6. The van der Waals surface area contributed by atoms with Crippen LogP contribution in [-0.4, -0.2) is 64.4 Å². The molecule has 0 aliphatic heterocycles. The molecule has 0 bridgehead atoms. The normalized spacial score (nSPS) is 9.82. The van der Waals surface area contributed by atoms with Gasteiger partial charge in [-0.1, -0.05) is 138 Å². The fourth-order valence-corrected chi connectivity index (χ4v) is 3.95. The third-order valence-corrected chi connectivity index (χ3v) is 5.27. The summed E-state index contributed by atoms with van der Waals surface area (Å²) in [4.78, 5) is 23.8. The molecule has 0 saturated carbocycles. The predicted octanol–water partition coefficient (Wildman–Crippen LogP) is 8.37. The van der Waals surface area contributed by atoms with Crippen LogP contribution in [-0.2, 0) is 9.47 Å². The molecule has 2 aliphatic rings. The first-order valence-electron chi connectivity index (χ1n) is 14.6. The van der Waals surface area contributed by atoms with E-state index in [-0.39, 0.29) is 11.6 Å². The SMILES string of the molecule is CCC.CCC.CO.CO.COC.COC.O=C1c2ccccc2-c2ccccc21.O=C1c2ccccc2-c2ccccc21. The number of aliphatic hydroxyl groups excluding tert-OH is 2. The molecule has 0 unspecified atom stereocenters. The van der Waals surface area contributed by atoms with Crippen LogP contribution >= 0.6 is 0 Å². The number of ether oxygens (including phenoxy) is 2. The van der Waals surface area contributed by atoms with E-state index in [0.717, 1.165) is 58.7 Å². The van der Waals surface area contributed by atoms with Crippen molar-refractivity contribution in [2.45, 2.75) is 40.5 Å². The number of methoxy groups -OCH3 is 2. The van der Waals surface area contributed by atoms with Crippen molar-refractivity contribution in [2.75, 3.05) is 42.7 Å². The third kappa shape index (κ3) is 12.7. The molecule has 0 radical (unpaired) electrons. The van der Waals surface area contributed by atoms with Gasteiger partial charge in [0.25, 0.3) is 0 Å². The van der Waals surface area contributed by atoms with Gasteiger partial charge in [-0.15, -0.1) is 0 Å². The van der Waals surface area contributed by atoms with Gasteiger partial charge in [-0.2, -0.15) is 0 Å². The second-order valence-electron chi connectivity index (χ2n) is 9.07. The monoisotopic (exact) mass is 604 g/mol. The summed E-state index contributed by atoms with van der Waals surface area (Å²) in [6.07, 6.45) is 2.50.